The molecule has 0 aromatic heterocycles. The van der Waals surface area contributed by atoms with E-state index in [4.69, 9.17) is 4.74 Å². The molecule has 1 heterocycles. The highest BCUT2D eigenvalue weighted by molar-refractivity contribution is 6.41. The van der Waals surface area contributed by atoms with E-state index >= 15 is 0 Å². The summed E-state index contributed by atoms with van der Waals surface area (Å²) in [5.74, 6) is -2.62. The summed E-state index contributed by atoms with van der Waals surface area (Å²) in [5.41, 5.74) is 0.431. The van der Waals surface area contributed by atoms with E-state index in [2.05, 4.69) is 4.74 Å². The van der Waals surface area contributed by atoms with E-state index in [9.17, 15) is 14.0 Å². The molecule has 4 nitrogen and oxygen atoms in total. The van der Waals surface area contributed by atoms with Gasteiger partial charge < -0.3 is 9.47 Å². The number of hydrogen-bond acceptors (Lipinski definition) is 4. The van der Waals surface area contributed by atoms with Gasteiger partial charge in [-0.3, -0.25) is 4.79 Å². The van der Waals surface area contributed by atoms with Gasteiger partial charge >= 0.3 is 5.97 Å². The third kappa shape index (κ3) is 2.20. The van der Waals surface area contributed by atoms with E-state index in [1.54, 1.807) is 13.0 Å². The second-order valence-electron chi connectivity index (χ2n) is 3.91. The quantitative estimate of drug-likeness (QED) is 0.468. The maximum absolute atomic E-state index is 13.7. The molecule has 1 aliphatic rings. The fourth-order valence-corrected chi connectivity index (χ4v) is 1.91. The first kappa shape index (κ1) is 12.5. The summed E-state index contributed by atoms with van der Waals surface area (Å²) in [4.78, 5) is 23.2. The Morgan fingerprint density at radius 2 is 2.22 bits per heavy atom. The molecule has 0 N–H and O–H groups in total. The fourth-order valence-electron chi connectivity index (χ4n) is 1.91. The second-order valence-corrected chi connectivity index (χ2v) is 3.91. The second kappa shape index (κ2) is 5.16. The van der Waals surface area contributed by atoms with Crippen LogP contribution in [-0.2, 0) is 16.0 Å². The lowest BCUT2D eigenvalue weighted by Gasteiger charge is -2.19. The lowest BCUT2D eigenvalue weighted by atomic mass is 9.99. The van der Waals surface area contributed by atoms with Crippen molar-refractivity contribution in [1.29, 1.82) is 0 Å². The minimum Gasteiger partial charge on any atom is -0.492 e. The Bertz CT molecular complexity index is 496. The number of Topliss-reactive ketones (excluding diaryl/α,β-unsaturated/α-hetero) is 1. The molecule has 5 heteroatoms. The van der Waals surface area contributed by atoms with Crippen LogP contribution < -0.4 is 4.74 Å². The van der Waals surface area contributed by atoms with Crippen molar-refractivity contribution in [2.45, 2.75) is 19.8 Å². The molecule has 1 aromatic rings. The van der Waals surface area contributed by atoms with Gasteiger partial charge in [0.15, 0.2) is 0 Å². The predicted octanol–water partition coefficient (Wildman–Crippen LogP) is 1.90. The summed E-state index contributed by atoms with van der Waals surface area (Å²) in [6, 6.07) is 2.76. The van der Waals surface area contributed by atoms with Gasteiger partial charge in [-0.05, 0) is 31.4 Å². The van der Waals surface area contributed by atoms with Gasteiger partial charge in [0.25, 0.3) is 5.78 Å². The minimum atomic E-state index is -1.06. The topological polar surface area (TPSA) is 52.6 Å². The van der Waals surface area contributed by atoms with Crippen molar-refractivity contribution in [3.63, 3.8) is 0 Å². The van der Waals surface area contributed by atoms with E-state index < -0.39 is 17.6 Å². The number of halogens is 1. The Hall–Kier alpha value is -1.91. The predicted molar refractivity (Wildman–Crippen MR) is 61.2 cm³/mol. The molecule has 0 saturated carbocycles. The summed E-state index contributed by atoms with van der Waals surface area (Å²) < 4.78 is 23.6. The van der Waals surface area contributed by atoms with E-state index in [1.165, 1.54) is 6.07 Å². The largest absolute Gasteiger partial charge is 0.492 e. The van der Waals surface area contributed by atoms with Gasteiger partial charge in [-0.25, -0.2) is 9.18 Å². The number of benzene rings is 1. The van der Waals surface area contributed by atoms with Gasteiger partial charge in [0.05, 0.1) is 13.2 Å². The first-order valence-electron chi connectivity index (χ1n) is 5.80. The number of esters is 1. The molecule has 0 fully saturated rings. The van der Waals surface area contributed by atoms with Crippen molar-refractivity contribution < 1.29 is 23.5 Å². The molecule has 0 aliphatic carbocycles. The van der Waals surface area contributed by atoms with E-state index in [-0.39, 0.29) is 17.9 Å². The molecular formula is C13H13FO4. The summed E-state index contributed by atoms with van der Waals surface area (Å²) in [5, 5.41) is 0. The Balaban J connectivity index is 2.43. The highest BCUT2D eigenvalue weighted by atomic mass is 19.1. The molecule has 2 rings (SSSR count). The number of carbonyl (C=O) groups is 2. The summed E-state index contributed by atoms with van der Waals surface area (Å²) in [6.45, 7) is 2.07. The van der Waals surface area contributed by atoms with Crippen LogP contribution in [0.2, 0.25) is 0 Å². The van der Waals surface area contributed by atoms with Crippen molar-refractivity contribution in [1.82, 2.24) is 0 Å². The number of ether oxygens (including phenoxy) is 2. The molecule has 96 valence electrons. The average Bonchev–Trinajstić information content (AvgIpc) is 2.38. The summed E-state index contributed by atoms with van der Waals surface area (Å²) >= 11 is 0. The van der Waals surface area contributed by atoms with E-state index in [0.29, 0.717) is 13.0 Å². The van der Waals surface area contributed by atoms with Gasteiger partial charge in [0, 0.05) is 0 Å². The van der Waals surface area contributed by atoms with Crippen LogP contribution in [0, 0.1) is 5.82 Å². The molecule has 0 saturated heterocycles. The first-order chi connectivity index (χ1) is 8.65. The maximum atomic E-state index is 13.7. The molecule has 1 aliphatic heterocycles. The fraction of sp³-hybridized carbons (Fsp3) is 0.385. The Labute approximate surface area is 104 Å². The lowest BCUT2D eigenvalue weighted by molar-refractivity contribution is -0.137. The zero-order valence-electron chi connectivity index (χ0n) is 9.99. The van der Waals surface area contributed by atoms with Crippen molar-refractivity contribution >= 4 is 11.8 Å². The lowest BCUT2D eigenvalue weighted by Crippen LogP contribution is -2.22. The van der Waals surface area contributed by atoms with Crippen LogP contribution in [0.4, 0.5) is 4.39 Å². The smallest absolute Gasteiger partial charge is 0.379 e. The van der Waals surface area contributed by atoms with Crippen LogP contribution in [-0.4, -0.2) is 25.0 Å². The normalized spacial score (nSPS) is 13.4. The molecule has 0 bridgehead atoms. The highest BCUT2D eigenvalue weighted by Crippen LogP contribution is 2.31. The maximum Gasteiger partial charge on any atom is 0.379 e. The SMILES string of the molecule is CCOC(=O)C(=O)c1c(F)ccc2c1OCCC2. The molecule has 0 atom stereocenters. The number of ketones is 1. The van der Waals surface area contributed by atoms with Crippen molar-refractivity contribution in [2.24, 2.45) is 0 Å². The zero-order chi connectivity index (χ0) is 13.1. The zero-order valence-corrected chi connectivity index (χ0v) is 9.99. The Kier molecular flexibility index (Phi) is 3.60. The van der Waals surface area contributed by atoms with Crippen LogP contribution in [0.3, 0.4) is 0 Å². The van der Waals surface area contributed by atoms with Gasteiger partial charge in [-0.2, -0.15) is 0 Å². The molecule has 1 aromatic carbocycles. The van der Waals surface area contributed by atoms with Crippen LogP contribution in [0.1, 0.15) is 29.3 Å². The highest BCUT2D eigenvalue weighted by Gasteiger charge is 2.28. The number of aryl methyl sites for hydroxylation is 1. The average molecular weight is 252 g/mol. The molecule has 18 heavy (non-hydrogen) atoms. The van der Waals surface area contributed by atoms with Gasteiger partial charge in [0.1, 0.15) is 17.1 Å². The Morgan fingerprint density at radius 1 is 1.44 bits per heavy atom. The Morgan fingerprint density at radius 3 is 2.94 bits per heavy atom. The third-order valence-electron chi connectivity index (χ3n) is 2.71. The molecule has 0 spiro atoms. The first-order valence-corrected chi connectivity index (χ1v) is 5.80. The van der Waals surface area contributed by atoms with Crippen molar-refractivity contribution in [3.05, 3.63) is 29.1 Å². The van der Waals surface area contributed by atoms with Crippen molar-refractivity contribution in [3.8, 4) is 5.75 Å². The van der Waals surface area contributed by atoms with Crippen LogP contribution >= 0.6 is 0 Å². The number of hydrogen-bond donors (Lipinski definition) is 0. The van der Waals surface area contributed by atoms with Crippen LogP contribution in [0.15, 0.2) is 12.1 Å². The molecule has 0 amide bonds. The van der Waals surface area contributed by atoms with Gasteiger partial charge in [-0.1, -0.05) is 6.07 Å². The number of carbonyl (C=O) groups excluding carboxylic acids is 2. The number of fused-ring (bicyclic) bond motifs is 1. The standard InChI is InChI=1S/C13H13FO4/c1-2-17-13(16)11(15)10-9(14)6-5-8-4-3-7-18-12(8)10/h5-6H,2-4,7H2,1H3. The molecule has 0 unspecified atom stereocenters. The molecular weight excluding hydrogens is 239 g/mol. The summed E-state index contributed by atoms with van der Waals surface area (Å²) in [6.07, 6.45) is 1.52. The van der Waals surface area contributed by atoms with E-state index in [0.717, 1.165) is 12.0 Å². The minimum absolute atomic E-state index is 0.0715. The van der Waals surface area contributed by atoms with Gasteiger partial charge in [0.2, 0.25) is 0 Å². The van der Waals surface area contributed by atoms with Crippen LogP contribution in [0.5, 0.6) is 5.75 Å². The van der Waals surface area contributed by atoms with Gasteiger partial charge in [-0.15, -0.1) is 0 Å². The number of rotatable bonds is 3. The monoisotopic (exact) mass is 252 g/mol. The van der Waals surface area contributed by atoms with Crippen LogP contribution in [0.25, 0.3) is 0 Å². The van der Waals surface area contributed by atoms with E-state index in [1.807, 2.05) is 0 Å². The third-order valence-corrected chi connectivity index (χ3v) is 2.71. The van der Waals surface area contributed by atoms with Crippen molar-refractivity contribution in [2.75, 3.05) is 13.2 Å². The molecule has 0 radical (unpaired) electrons. The summed E-state index contributed by atoms with van der Waals surface area (Å²) in [7, 11) is 0.